The van der Waals surface area contributed by atoms with E-state index in [0.717, 1.165) is 169 Å². The van der Waals surface area contributed by atoms with E-state index in [0.29, 0.717) is 26.4 Å². The third-order valence-electron chi connectivity index (χ3n) is 23.0. The molecule has 4 nitrogen and oxygen atoms in total. The summed E-state index contributed by atoms with van der Waals surface area (Å²) in [6, 6.07) is 77.6. The third-order valence-corrected chi connectivity index (χ3v) is 23.0. The number of hydrogen-bond acceptors (Lipinski definition) is 4. The van der Waals surface area contributed by atoms with Crippen molar-refractivity contribution in [2.24, 2.45) is 0 Å². The van der Waals surface area contributed by atoms with Crippen molar-refractivity contribution in [1.82, 2.24) is 0 Å². The molecule has 0 fully saturated rings. The lowest BCUT2D eigenvalue weighted by Crippen LogP contribution is -2.01. The molecule has 0 aliphatic rings. The van der Waals surface area contributed by atoms with E-state index in [1.54, 1.807) is 0 Å². The highest BCUT2D eigenvalue weighted by atomic mass is 19.2. The molecule has 134 heavy (non-hydrogen) atoms. The topological polar surface area (TPSA) is 36.9 Å². The normalized spacial score (nSPS) is 10.6. The van der Waals surface area contributed by atoms with Gasteiger partial charge in [0.1, 0.15) is 0 Å². The summed E-state index contributed by atoms with van der Waals surface area (Å²) in [5.41, 5.74) is 17.5. The van der Waals surface area contributed by atoms with E-state index in [-0.39, 0.29) is 45.3 Å². The van der Waals surface area contributed by atoms with Crippen molar-refractivity contribution in [1.29, 1.82) is 0 Å². The molecule has 0 radical (unpaired) electrons. The Morgan fingerprint density at radius 2 is 0.336 bits per heavy atom. The van der Waals surface area contributed by atoms with Gasteiger partial charge in [-0.1, -0.05) is 364 Å². The van der Waals surface area contributed by atoms with Crippen LogP contribution in [-0.4, -0.2) is 26.4 Å². The number of rotatable bonds is 42. The number of aryl methyl sites for hydroxylation is 4. The highest BCUT2D eigenvalue weighted by molar-refractivity contribution is 5.69. The lowest BCUT2D eigenvalue weighted by molar-refractivity contribution is 0.286. The average molecular weight is 1810 g/mol. The first-order valence-electron chi connectivity index (χ1n) is 48.8. The van der Waals surface area contributed by atoms with E-state index in [2.05, 4.69) is 200 Å². The molecule has 0 N–H and O–H groups in total. The van der Waals surface area contributed by atoms with E-state index in [1.165, 1.54) is 161 Å². The number of unbranched alkanes of at least 4 members (excludes halogenated alkanes) is 18. The molecule has 0 bridgehead atoms. The van der Waals surface area contributed by atoms with Crippen LogP contribution in [0, 0.1) is 93.9 Å². The smallest absolute Gasteiger partial charge is 0.201 e. The van der Waals surface area contributed by atoms with Gasteiger partial charge in [-0.15, -0.1) is 0 Å². The SMILES string of the molecule is CCCCCCCc1ccc(-c2ccc(C#Cc3ccc(OCCCCC)c(F)c3F)cc2)cc1.CCCCCCc1ccc(-c2ccc(C#Cc3ccc(OCCCCC)c(F)c3F)cc2)cc1.CCCCCOc1ccc(C#Cc2ccc(-c3ccc(CCCC)cc3)cc2)c(F)c1F.CCCCCOc1ccc(C#Cc2ccc(-c3ccc(CCCCC)cc3)cc2)c(F)c1F. The zero-order valence-electron chi connectivity index (χ0n) is 79.8. The van der Waals surface area contributed by atoms with E-state index in [9.17, 15) is 35.1 Å². The van der Waals surface area contributed by atoms with Gasteiger partial charge < -0.3 is 18.9 Å². The second kappa shape index (κ2) is 59.9. The molecule has 0 saturated carbocycles. The number of ether oxygens (including phenoxy) is 4. The minimum Gasteiger partial charge on any atom is -0.490 e. The average Bonchev–Trinajstić information content (AvgIpc) is 0.836. The minimum atomic E-state index is -0.981. The minimum absolute atomic E-state index is 0.0233. The van der Waals surface area contributed by atoms with Crippen LogP contribution in [0.15, 0.2) is 243 Å². The maximum absolute atomic E-state index is 14.4. The summed E-state index contributed by atoms with van der Waals surface area (Å²) in [6.07, 6.45) is 33.5. The largest absolute Gasteiger partial charge is 0.490 e. The Morgan fingerprint density at radius 3 is 0.552 bits per heavy atom. The van der Waals surface area contributed by atoms with Gasteiger partial charge in [0.15, 0.2) is 46.3 Å². The summed E-state index contributed by atoms with van der Waals surface area (Å²) < 4.78 is 136. The van der Waals surface area contributed by atoms with E-state index < -0.39 is 46.5 Å². The van der Waals surface area contributed by atoms with Gasteiger partial charge in [0.2, 0.25) is 23.3 Å². The van der Waals surface area contributed by atoms with Crippen molar-refractivity contribution in [3.05, 3.63) is 356 Å². The summed E-state index contributed by atoms with van der Waals surface area (Å²) in [5, 5.41) is 0. The lowest BCUT2D eigenvalue weighted by Gasteiger charge is -2.08. The van der Waals surface area contributed by atoms with Crippen LogP contribution in [0.3, 0.4) is 0 Å². The summed E-state index contributed by atoms with van der Waals surface area (Å²) in [5.74, 6) is 14.7. The Balaban J connectivity index is 0.000000201. The number of halogens is 8. The van der Waals surface area contributed by atoms with Gasteiger partial charge in [-0.2, -0.15) is 17.6 Å². The quantitative estimate of drug-likeness (QED) is 0.0217. The molecule has 0 amide bonds. The fraction of sp³-hybridized carbons (Fsp3) is 0.344. The monoisotopic (exact) mass is 1810 g/mol. The van der Waals surface area contributed by atoms with Crippen LogP contribution in [0.5, 0.6) is 23.0 Å². The van der Waals surface area contributed by atoms with Crippen molar-refractivity contribution >= 4 is 0 Å². The van der Waals surface area contributed by atoms with Crippen LogP contribution in [-0.2, 0) is 25.7 Å². The molecular weight excluding hydrogens is 1680 g/mol. The maximum Gasteiger partial charge on any atom is 0.201 e. The van der Waals surface area contributed by atoms with Gasteiger partial charge in [0, 0.05) is 22.3 Å². The van der Waals surface area contributed by atoms with Crippen LogP contribution in [0.2, 0.25) is 0 Å². The molecule has 0 atom stereocenters. The molecule has 0 saturated heterocycles. The lowest BCUT2D eigenvalue weighted by atomic mass is 10.00. The first kappa shape index (κ1) is 105. The molecule has 0 spiro atoms. The molecule has 12 rings (SSSR count). The van der Waals surface area contributed by atoms with Crippen molar-refractivity contribution in [3.63, 3.8) is 0 Å². The van der Waals surface area contributed by atoms with Gasteiger partial charge in [-0.25, -0.2) is 17.6 Å². The van der Waals surface area contributed by atoms with Crippen molar-refractivity contribution in [2.45, 2.75) is 248 Å². The van der Waals surface area contributed by atoms with E-state index in [4.69, 9.17) is 18.9 Å². The van der Waals surface area contributed by atoms with Gasteiger partial charge in [0.05, 0.1) is 48.7 Å². The molecule has 0 aromatic heterocycles. The first-order chi connectivity index (χ1) is 65.5. The standard InChI is InChI=1S/C32H36F2O.C31H34F2O.C30H32F2O.C29H30F2O/c1-3-5-7-8-9-11-25-12-17-27(18-13-25)28-19-14-26(15-20-28)16-21-29-22-23-30(32(34)31(29)33)35-24-10-6-4-2;1-3-5-7-8-10-24-11-16-26(17-12-24)27-18-13-25(14-19-27)15-20-28-21-22-29(31(33)30(28)32)34-23-9-6-4-2;1-3-5-7-9-23-10-15-25(16-11-23)26-17-12-24(13-18-26)14-19-27-20-21-28(30(32)29(27)31)33-22-8-6-4-2;1-3-5-7-21-32-27-20-19-26(28(30)29(27)31)18-13-23-11-16-25(17-12-23)24-14-9-22(10-15-24)8-6-4-2/h12-15,17-20,22-23H,3-11,24H2,1-2H3;11-14,16-19,21-22H,3-10,23H2,1-2H3;10-13,15-18,20-21H,3-9,22H2,1-2H3;9-12,14-17,19-20H,3-8,21H2,1-2H3. The second-order valence-electron chi connectivity index (χ2n) is 33.8. The van der Waals surface area contributed by atoms with Crippen LogP contribution >= 0.6 is 0 Å². The highest BCUT2D eigenvalue weighted by Gasteiger charge is 2.19. The third kappa shape index (κ3) is 35.5. The highest BCUT2D eigenvalue weighted by Crippen LogP contribution is 2.32. The van der Waals surface area contributed by atoms with Crippen molar-refractivity contribution < 1.29 is 54.1 Å². The van der Waals surface area contributed by atoms with Crippen LogP contribution in [0.1, 0.15) is 289 Å². The molecule has 0 aliphatic heterocycles. The summed E-state index contributed by atoms with van der Waals surface area (Å²) in [7, 11) is 0. The molecule has 700 valence electrons. The molecule has 0 unspecified atom stereocenters. The van der Waals surface area contributed by atoms with Gasteiger partial charge in [0.25, 0.3) is 0 Å². The number of hydrogen-bond donors (Lipinski definition) is 0. The first-order valence-corrected chi connectivity index (χ1v) is 48.8. The summed E-state index contributed by atoms with van der Waals surface area (Å²) >= 11 is 0. The predicted molar refractivity (Wildman–Crippen MR) is 539 cm³/mol. The van der Waals surface area contributed by atoms with Crippen LogP contribution in [0.4, 0.5) is 35.1 Å². The van der Waals surface area contributed by atoms with Gasteiger partial charge in [-0.3, -0.25) is 0 Å². The predicted octanol–water partition coefficient (Wildman–Crippen LogP) is 34.1. The second-order valence-corrected chi connectivity index (χ2v) is 33.8. The number of benzene rings is 12. The molecular formula is C122H132F8O4. The van der Waals surface area contributed by atoms with Gasteiger partial charge >= 0.3 is 0 Å². The summed E-state index contributed by atoms with van der Waals surface area (Å²) in [4.78, 5) is 0. The zero-order valence-corrected chi connectivity index (χ0v) is 79.8. The summed E-state index contributed by atoms with van der Waals surface area (Å²) in [6.45, 7) is 18.7. The Hall–Kier alpha value is -12.5. The van der Waals surface area contributed by atoms with Crippen molar-refractivity contribution in [2.75, 3.05) is 26.4 Å². The van der Waals surface area contributed by atoms with Crippen LogP contribution in [0.25, 0.3) is 44.5 Å². The fourth-order valence-electron chi connectivity index (χ4n) is 14.7. The molecule has 12 heteroatoms. The Labute approximate surface area is 794 Å². The maximum atomic E-state index is 14.4. The fourth-order valence-corrected chi connectivity index (χ4v) is 14.7. The van der Waals surface area contributed by atoms with Crippen LogP contribution < -0.4 is 18.9 Å². The van der Waals surface area contributed by atoms with Crippen molar-refractivity contribution in [3.8, 4) is 115 Å². The Kier molecular flexibility index (Phi) is 47.0. The van der Waals surface area contributed by atoms with E-state index in [1.807, 2.05) is 97.1 Å². The van der Waals surface area contributed by atoms with E-state index >= 15 is 0 Å². The van der Waals surface area contributed by atoms with Gasteiger partial charge in [-0.05, 0) is 241 Å². The molecule has 12 aromatic rings. The molecule has 0 heterocycles. The molecule has 12 aromatic carbocycles. The Bertz CT molecular complexity index is 5760. The zero-order chi connectivity index (χ0) is 95.3. The molecule has 0 aliphatic carbocycles. The Morgan fingerprint density at radius 1 is 0.164 bits per heavy atom.